The molecule has 0 aromatic carbocycles. The van der Waals surface area contributed by atoms with Gasteiger partial charge < -0.3 is 4.74 Å². The minimum Gasteiger partial charge on any atom is -0.490 e. The van der Waals surface area contributed by atoms with Crippen LogP contribution in [0.2, 0.25) is 0 Å². The lowest BCUT2D eigenvalue weighted by Gasteiger charge is -2.32. The van der Waals surface area contributed by atoms with E-state index in [1.54, 1.807) is 0 Å². The standard InChI is InChI=1S/C7H12Cl3N3O5S2/c1-19(14,15)12-3-6(18-5-7(8,9)10)4-13(11-12)20(2,16)17/h3,11H,4-5H2,1-2H3. The Morgan fingerprint density at radius 1 is 1.25 bits per heavy atom. The topological polar surface area (TPSA) is 96.0 Å². The molecule has 1 rings (SSSR count). The summed E-state index contributed by atoms with van der Waals surface area (Å²) in [5, 5.41) is 0. The number of sulfonamides is 2. The third kappa shape index (κ3) is 5.80. The Hall–Kier alpha value is 0.0300. The number of nitrogens with one attached hydrogen (secondary N) is 1. The van der Waals surface area contributed by atoms with Crippen molar-refractivity contribution in [3.05, 3.63) is 12.0 Å². The van der Waals surface area contributed by atoms with Crippen molar-refractivity contribution in [1.29, 1.82) is 0 Å². The normalized spacial score (nSPS) is 18.9. The molecule has 0 atom stereocenters. The molecule has 20 heavy (non-hydrogen) atoms. The highest BCUT2D eigenvalue weighted by molar-refractivity contribution is 7.89. The van der Waals surface area contributed by atoms with E-state index in [0.29, 0.717) is 8.83 Å². The van der Waals surface area contributed by atoms with Gasteiger partial charge in [0.1, 0.15) is 12.4 Å². The van der Waals surface area contributed by atoms with E-state index in [9.17, 15) is 16.8 Å². The van der Waals surface area contributed by atoms with Crippen LogP contribution in [0.3, 0.4) is 0 Å². The Bertz CT molecular complexity index is 598. The fraction of sp³-hybridized carbons (Fsp3) is 0.714. The van der Waals surface area contributed by atoms with Gasteiger partial charge in [-0.05, 0) is 0 Å². The molecule has 1 heterocycles. The van der Waals surface area contributed by atoms with Gasteiger partial charge in [-0.15, -0.1) is 9.95 Å². The number of halogens is 3. The molecule has 1 aliphatic rings. The molecular formula is C7H12Cl3N3O5S2. The molecule has 8 nitrogen and oxygen atoms in total. The first-order chi connectivity index (χ1) is 8.79. The summed E-state index contributed by atoms with van der Waals surface area (Å²) in [5.74, 6) is 0.00549. The van der Waals surface area contributed by atoms with Crippen molar-refractivity contribution < 1.29 is 21.6 Å². The maximum Gasteiger partial charge on any atom is 0.246 e. The Labute approximate surface area is 132 Å². The van der Waals surface area contributed by atoms with Gasteiger partial charge in [-0.3, -0.25) is 0 Å². The van der Waals surface area contributed by atoms with Crippen molar-refractivity contribution >= 4 is 54.8 Å². The summed E-state index contributed by atoms with van der Waals surface area (Å²) >= 11 is 16.5. The second-order valence-corrected chi connectivity index (χ2v) is 10.2. The summed E-state index contributed by atoms with van der Waals surface area (Å²) in [6.07, 6.45) is 2.85. The summed E-state index contributed by atoms with van der Waals surface area (Å²) in [7, 11) is -7.45. The molecule has 0 amide bonds. The van der Waals surface area contributed by atoms with E-state index in [1.165, 1.54) is 0 Å². The molecule has 0 spiro atoms. The molecular weight excluding hydrogens is 377 g/mol. The Morgan fingerprint density at radius 2 is 1.80 bits per heavy atom. The lowest BCUT2D eigenvalue weighted by Crippen LogP contribution is -2.55. The van der Waals surface area contributed by atoms with Crippen LogP contribution in [0.25, 0.3) is 0 Å². The van der Waals surface area contributed by atoms with E-state index in [0.717, 1.165) is 18.7 Å². The van der Waals surface area contributed by atoms with Gasteiger partial charge in [0.05, 0.1) is 25.3 Å². The van der Waals surface area contributed by atoms with Crippen LogP contribution >= 0.6 is 34.8 Å². The van der Waals surface area contributed by atoms with Gasteiger partial charge >= 0.3 is 0 Å². The Balaban J connectivity index is 2.99. The largest absolute Gasteiger partial charge is 0.490 e. The van der Waals surface area contributed by atoms with E-state index >= 15 is 0 Å². The maximum atomic E-state index is 11.5. The highest BCUT2D eigenvalue weighted by Crippen LogP contribution is 2.27. The molecule has 0 saturated carbocycles. The van der Waals surface area contributed by atoms with E-state index in [1.807, 2.05) is 0 Å². The Morgan fingerprint density at radius 3 is 2.20 bits per heavy atom. The zero-order chi connectivity index (χ0) is 15.8. The first kappa shape index (κ1) is 18.1. The van der Waals surface area contributed by atoms with E-state index in [4.69, 9.17) is 39.5 Å². The number of hydrogen-bond acceptors (Lipinski definition) is 6. The maximum absolute atomic E-state index is 11.5. The van der Waals surface area contributed by atoms with Crippen molar-refractivity contribution in [2.24, 2.45) is 0 Å². The van der Waals surface area contributed by atoms with Crippen LogP contribution in [-0.2, 0) is 24.8 Å². The zero-order valence-electron chi connectivity index (χ0n) is 10.4. The fourth-order valence-corrected chi connectivity index (χ4v) is 2.48. The minimum absolute atomic E-state index is 0.00549. The summed E-state index contributed by atoms with van der Waals surface area (Å²) in [4.78, 5) is 0. The molecule has 1 aliphatic heterocycles. The quantitative estimate of drug-likeness (QED) is 0.690. The van der Waals surface area contributed by atoms with E-state index in [-0.39, 0.29) is 18.9 Å². The number of rotatable bonds is 4. The zero-order valence-corrected chi connectivity index (χ0v) is 14.3. The molecule has 0 radical (unpaired) electrons. The predicted molar refractivity (Wildman–Crippen MR) is 75.7 cm³/mol. The highest BCUT2D eigenvalue weighted by Gasteiger charge is 2.31. The van der Waals surface area contributed by atoms with Gasteiger partial charge in [0.2, 0.25) is 23.8 Å². The number of ether oxygens (including phenoxy) is 1. The van der Waals surface area contributed by atoms with Crippen LogP contribution in [0.1, 0.15) is 0 Å². The Kier molecular flexibility index (Phi) is 5.45. The number of hydrogen-bond donors (Lipinski definition) is 1. The third-order valence-electron chi connectivity index (χ3n) is 1.95. The van der Waals surface area contributed by atoms with Crippen LogP contribution in [0.4, 0.5) is 0 Å². The van der Waals surface area contributed by atoms with Gasteiger partial charge in [0.15, 0.2) is 0 Å². The number of alkyl halides is 3. The molecule has 0 bridgehead atoms. The lowest BCUT2D eigenvalue weighted by molar-refractivity contribution is 0.125. The van der Waals surface area contributed by atoms with Crippen molar-refractivity contribution in [1.82, 2.24) is 14.4 Å². The molecule has 1 N–H and O–H groups in total. The summed E-state index contributed by atoms with van der Waals surface area (Å²) < 4.78 is 50.6. The van der Waals surface area contributed by atoms with Crippen molar-refractivity contribution in [3.8, 4) is 0 Å². The molecule has 0 unspecified atom stereocenters. The van der Waals surface area contributed by atoms with Crippen LogP contribution in [0.15, 0.2) is 12.0 Å². The average Bonchev–Trinajstić information content (AvgIpc) is 2.22. The third-order valence-corrected chi connectivity index (χ3v) is 4.19. The van der Waals surface area contributed by atoms with Crippen molar-refractivity contribution in [3.63, 3.8) is 0 Å². The van der Waals surface area contributed by atoms with E-state index < -0.39 is 23.8 Å². The summed E-state index contributed by atoms with van der Waals surface area (Å²) in [6, 6.07) is 0. The molecule has 0 aromatic rings. The molecule has 0 fully saturated rings. The molecule has 0 saturated heterocycles. The van der Waals surface area contributed by atoms with Gasteiger partial charge in [-0.25, -0.2) is 16.8 Å². The second-order valence-electron chi connectivity index (χ2n) is 3.93. The number of hydrazine groups is 2. The molecule has 0 aromatic heterocycles. The molecule has 118 valence electrons. The summed E-state index contributed by atoms with van der Waals surface area (Å²) in [5.41, 5.74) is 2.20. The molecule has 13 heteroatoms. The van der Waals surface area contributed by atoms with Crippen molar-refractivity contribution in [2.75, 3.05) is 25.7 Å². The van der Waals surface area contributed by atoms with Crippen molar-refractivity contribution in [2.45, 2.75) is 3.79 Å². The highest BCUT2D eigenvalue weighted by atomic mass is 35.6. The van der Waals surface area contributed by atoms with Crippen LogP contribution in [-0.4, -0.2) is 55.1 Å². The van der Waals surface area contributed by atoms with Crippen LogP contribution in [0.5, 0.6) is 0 Å². The minimum atomic E-state index is -3.75. The fourth-order valence-electron chi connectivity index (χ4n) is 1.11. The SMILES string of the molecule is CS(=O)(=O)N1C=C(OCC(Cl)(Cl)Cl)CN(S(C)(=O)=O)N1. The average molecular weight is 389 g/mol. The smallest absolute Gasteiger partial charge is 0.246 e. The van der Waals surface area contributed by atoms with Gasteiger partial charge in [0.25, 0.3) is 0 Å². The number of nitrogens with zero attached hydrogens (tertiary/aromatic N) is 2. The predicted octanol–water partition coefficient (Wildman–Crippen LogP) is 0.171. The van der Waals surface area contributed by atoms with Gasteiger partial charge in [-0.1, -0.05) is 34.8 Å². The van der Waals surface area contributed by atoms with Crippen LogP contribution in [0, 0.1) is 0 Å². The first-order valence-electron chi connectivity index (χ1n) is 4.93. The molecule has 0 aliphatic carbocycles. The first-order valence-corrected chi connectivity index (χ1v) is 9.76. The lowest BCUT2D eigenvalue weighted by atomic mass is 10.5. The monoisotopic (exact) mass is 387 g/mol. The second kappa shape index (κ2) is 6.03. The van der Waals surface area contributed by atoms with E-state index in [2.05, 4.69) is 5.53 Å². The summed E-state index contributed by atoms with van der Waals surface area (Å²) in [6.45, 7) is -0.607. The van der Waals surface area contributed by atoms with Crippen LogP contribution < -0.4 is 5.53 Å². The van der Waals surface area contributed by atoms with Gasteiger partial charge in [0, 0.05) is 0 Å². The van der Waals surface area contributed by atoms with Gasteiger partial charge in [-0.2, -0.15) is 4.41 Å².